The van der Waals surface area contributed by atoms with E-state index in [0.717, 1.165) is 10.6 Å². The van der Waals surface area contributed by atoms with E-state index in [-0.39, 0.29) is 0 Å². The zero-order chi connectivity index (χ0) is 28.1. The largest absolute Gasteiger partial charge is 0.285 e. The van der Waals surface area contributed by atoms with Gasteiger partial charge in [0.15, 0.2) is 5.13 Å². The Morgan fingerprint density at radius 3 is 2.12 bits per heavy atom. The van der Waals surface area contributed by atoms with Gasteiger partial charge in [-0.2, -0.15) is 0 Å². The summed E-state index contributed by atoms with van der Waals surface area (Å²) in [6.45, 7) is 0. The second kappa shape index (κ2) is 8.74. The Morgan fingerprint density at radius 2 is 1.21 bits per heavy atom. The summed E-state index contributed by atoms with van der Waals surface area (Å²) in [7, 11) is 0. The fourth-order valence-electron chi connectivity index (χ4n) is 6.92. The lowest BCUT2D eigenvalue weighted by molar-refractivity contribution is 1.15. The molecule has 0 fully saturated rings. The highest BCUT2D eigenvalue weighted by Crippen LogP contribution is 2.43. The minimum atomic E-state index is 1.01. The van der Waals surface area contributed by atoms with Crippen molar-refractivity contribution in [3.05, 3.63) is 133 Å². The van der Waals surface area contributed by atoms with Crippen LogP contribution in [0.2, 0.25) is 0 Å². The summed E-state index contributed by atoms with van der Waals surface area (Å²) < 4.78 is 6.26. The first-order valence-corrected chi connectivity index (χ1v) is 16.1. The fraction of sp³-hybridized carbons (Fsp3) is 0. The molecule has 10 aromatic rings. The van der Waals surface area contributed by atoms with Gasteiger partial charge in [-0.25, -0.2) is 4.98 Å². The predicted molar refractivity (Wildman–Crippen MR) is 187 cm³/mol. The van der Waals surface area contributed by atoms with Crippen molar-refractivity contribution in [3.63, 3.8) is 0 Å². The normalized spacial score (nSPS) is 12.2. The zero-order valence-corrected chi connectivity index (χ0v) is 24.5. The Labute approximate surface area is 254 Å². The van der Waals surface area contributed by atoms with Crippen LogP contribution < -0.4 is 0 Å². The van der Waals surface area contributed by atoms with Gasteiger partial charge in [-0.3, -0.25) is 4.57 Å². The summed E-state index contributed by atoms with van der Waals surface area (Å²) in [4.78, 5) is 5.23. The number of para-hydroxylation sites is 1. The van der Waals surface area contributed by atoms with E-state index in [1.165, 1.54) is 79.3 Å². The monoisotopic (exact) mass is 582 g/mol. The minimum absolute atomic E-state index is 1.01. The van der Waals surface area contributed by atoms with Gasteiger partial charge < -0.3 is 0 Å². The van der Waals surface area contributed by atoms with Crippen molar-refractivity contribution in [1.82, 2.24) is 9.55 Å². The number of benzene rings is 7. The maximum absolute atomic E-state index is 5.23. The van der Waals surface area contributed by atoms with E-state index < -0.39 is 0 Å². The molecule has 43 heavy (non-hydrogen) atoms. The summed E-state index contributed by atoms with van der Waals surface area (Å²) in [5.74, 6) is 0. The number of hydrogen-bond donors (Lipinski definition) is 0. The lowest BCUT2D eigenvalue weighted by Crippen LogP contribution is -1.92. The van der Waals surface area contributed by atoms with Crippen LogP contribution in [0.5, 0.6) is 0 Å². The lowest BCUT2D eigenvalue weighted by atomic mass is 9.93. The van der Waals surface area contributed by atoms with Crippen molar-refractivity contribution in [2.24, 2.45) is 0 Å². The molecule has 0 aliphatic rings. The fourth-order valence-corrected chi connectivity index (χ4v) is 9.25. The van der Waals surface area contributed by atoms with E-state index in [0.29, 0.717) is 0 Å². The number of aromatic nitrogens is 2. The van der Waals surface area contributed by atoms with Gasteiger partial charge in [0.2, 0.25) is 0 Å². The molecule has 2 nitrogen and oxygen atoms in total. The molecule has 0 unspecified atom stereocenters. The number of fused-ring (bicyclic) bond motifs is 11. The molecule has 4 heteroatoms. The molecule has 0 saturated heterocycles. The van der Waals surface area contributed by atoms with E-state index in [2.05, 4.69) is 138 Å². The summed E-state index contributed by atoms with van der Waals surface area (Å²) in [6.07, 6.45) is 0. The molecule has 7 aromatic carbocycles. The van der Waals surface area contributed by atoms with Gasteiger partial charge in [0, 0.05) is 30.9 Å². The third-order valence-corrected chi connectivity index (χ3v) is 11.0. The third kappa shape index (κ3) is 3.30. The first kappa shape index (κ1) is 23.5. The molecular weight excluding hydrogens is 561 g/mol. The van der Waals surface area contributed by atoms with Crippen LogP contribution in [0.1, 0.15) is 0 Å². The van der Waals surface area contributed by atoms with Crippen molar-refractivity contribution >= 4 is 96.4 Å². The van der Waals surface area contributed by atoms with Crippen molar-refractivity contribution in [2.75, 3.05) is 0 Å². The molecular formula is C39H22N2S2. The Bertz CT molecular complexity index is 2740. The third-order valence-electron chi connectivity index (χ3n) is 8.83. The molecule has 0 amide bonds. The number of nitrogens with zero attached hydrogens (tertiary/aromatic N) is 2. The summed E-state index contributed by atoms with van der Waals surface area (Å²) in [6, 6.07) is 48.7. The Morgan fingerprint density at radius 1 is 0.488 bits per heavy atom. The second-order valence-corrected chi connectivity index (χ2v) is 13.2. The number of thiophene rings is 1. The topological polar surface area (TPSA) is 17.8 Å². The van der Waals surface area contributed by atoms with Crippen LogP contribution in [0.4, 0.5) is 0 Å². The molecule has 200 valence electrons. The van der Waals surface area contributed by atoms with Gasteiger partial charge >= 0.3 is 0 Å². The standard InChI is InChI=1S/C39H22N2S2/c1-2-10-25-23(9-1)21-30(27-12-4-3-11-26(25)27)24-17-19-34-31(22-24)28-13-5-7-15-33(28)41(34)39-40-32-18-20-36-37(38(32)43-39)29-14-6-8-16-35(29)42-36/h1-22H. The second-order valence-electron chi connectivity index (χ2n) is 11.2. The van der Waals surface area contributed by atoms with Crippen LogP contribution in [0, 0.1) is 0 Å². The summed E-state index contributed by atoms with van der Waals surface area (Å²) in [5, 5.41) is 11.3. The van der Waals surface area contributed by atoms with E-state index >= 15 is 0 Å². The van der Waals surface area contributed by atoms with Crippen LogP contribution in [0.15, 0.2) is 133 Å². The lowest BCUT2D eigenvalue weighted by Gasteiger charge is -2.11. The van der Waals surface area contributed by atoms with Crippen LogP contribution in [-0.4, -0.2) is 9.55 Å². The molecule has 0 N–H and O–H groups in total. The average Bonchev–Trinajstić information content (AvgIpc) is 3.75. The SMILES string of the molecule is c1ccc2c(c1)cc(-c1ccc3c(c1)c1ccccc1n3-c1nc3ccc4sc5ccccc5c4c3s1)c1ccccc12. The Balaban J connectivity index is 1.25. The molecule has 0 aliphatic heterocycles. The van der Waals surface area contributed by atoms with Gasteiger partial charge in [-0.15, -0.1) is 11.3 Å². The predicted octanol–water partition coefficient (Wildman–Crippen LogP) is 11.7. The quantitative estimate of drug-likeness (QED) is 0.185. The highest BCUT2D eigenvalue weighted by atomic mass is 32.1. The van der Waals surface area contributed by atoms with Crippen molar-refractivity contribution < 1.29 is 0 Å². The maximum Gasteiger partial charge on any atom is 0.195 e. The number of rotatable bonds is 2. The number of thiazole rings is 1. The first-order chi connectivity index (χ1) is 21.3. The number of hydrogen-bond acceptors (Lipinski definition) is 3. The van der Waals surface area contributed by atoms with E-state index in [9.17, 15) is 0 Å². The molecule has 0 aliphatic carbocycles. The van der Waals surface area contributed by atoms with Gasteiger partial charge in [0.25, 0.3) is 0 Å². The molecule has 0 bridgehead atoms. The molecule has 0 radical (unpaired) electrons. The molecule has 0 spiro atoms. The van der Waals surface area contributed by atoms with Gasteiger partial charge in [-0.05, 0) is 75.1 Å². The Hall–Kier alpha value is -5.03. The summed E-state index contributed by atoms with van der Waals surface area (Å²) >= 11 is 3.66. The summed E-state index contributed by atoms with van der Waals surface area (Å²) in [5.41, 5.74) is 5.91. The smallest absolute Gasteiger partial charge is 0.195 e. The van der Waals surface area contributed by atoms with E-state index in [4.69, 9.17) is 4.98 Å². The van der Waals surface area contributed by atoms with Gasteiger partial charge in [0.05, 0.1) is 21.3 Å². The van der Waals surface area contributed by atoms with Crippen molar-refractivity contribution in [1.29, 1.82) is 0 Å². The van der Waals surface area contributed by atoms with Crippen LogP contribution >= 0.6 is 22.7 Å². The first-order valence-electron chi connectivity index (χ1n) is 14.5. The Kier molecular flexibility index (Phi) is 4.78. The van der Waals surface area contributed by atoms with Crippen molar-refractivity contribution in [2.45, 2.75) is 0 Å². The molecule has 3 aromatic heterocycles. The van der Waals surface area contributed by atoms with E-state index in [1.54, 1.807) is 11.3 Å². The van der Waals surface area contributed by atoms with Crippen molar-refractivity contribution in [3.8, 4) is 16.3 Å². The molecule has 3 heterocycles. The van der Waals surface area contributed by atoms with E-state index in [1.807, 2.05) is 11.3 Å². The van der Waals surface area contributed by atoms with Gasteiger partial charge in [0.1, 0.15) is 0 Å². The van der Waals surface area contributed by atoms with Crippen LogP contribution in [-0.2, 0) is 0 Å². The zero-order valence-electron chi connectivity index (χ0n) is 22.9. The molecule has 0 atom stereocenters. The minimum Gasteiger partial charge on any atom is -0.285 e. The molecule has 0 saturated carbocycles. The maximum atomic E-state index is 5.23. The van der Waals surface area contributed by atoms with Gasteiger partial charge in [-0.1, -0.05) is 102 Å². The highest BCUT2D eigenvalue weighted by Gasteiger charge is 2.19. The highest BCUT2D eigenvalue weighted by molar-refractivity contribution is 7.28. The average molecular weight is 583 g/mol. The van der Waals surface area contributed by atoms with Crippen LogP contribution in [0.3, 0.4) is 0 Å². The van der Waals surface area contributed by atoms with Crippen LogP contribution in [0.25, 0.3) is 90.0 Å². The molecule has 10 rings (SSSR count).